The van der Waals surface area contributed by atoms with Crippen molar-refractivity contribution < 1.29 is 19.0 Å². The van der Waals surface area contributed by atoms with Crippen molar-refractivity contribution in [3.63, 3.8) is 0 Å². The van der Waals surface area contributed by atoms with Gasteiger partial charge in [0.05, 0.1) is 12.0 Å². The summed E-state index contributed by atoms with van der Waals surface area (Å²) in [5, 5.41) is 9.00. The first kappa shape index (κ1) is 11.1. The van der Waals surface area contributed by atoms with Gasteiger partial charge in [-0.3, -0.25) is 4.79 Å². The molecule has 0 aliphatic carbocycles. The quantitative estimate of drug-likeness (QED) is 0.838. The summed E-state index contributed by atoms with van der Waals surface area (Å²) in [6.45, 7) is 2.08. The van der Waals surface area contributed by atoms with Crippen LogP contribution >= 0.6 is 0 Å². The highest BCUT2D eigenvalue weighted by atomic mass is 19.1. The summed E-state index contributed by atoms with van der Waals surface area (Å²) < 4.78 is 18.7. The zero-order chi connectivity index (χ0) is 11.7. The van der Waals surface area contributed by atoms with E-state index in [2.05, 4.69) is 0 Å². The van der Waals surface area contributed by atoms with E-state index in [9.17, 15) is 9.18 Å². The summed E-state index contributed by atoms with van der Waals surface area (Å²) in [5.41, 5.74) is 1.15. The van der Waals surface area contributed by atoms with Crippen molar-refractivity contribution in [2.75, 3.05) is 6.61 Å². The third kappa shape index (κ3) is 1.93. The van der Waals surface area contributed by atoms with Gasteiger partial charge in [-0.25, -0.2) is 4.39 Å². The molecule has 2 rings (SSSR count). The number of carboxylic acid groups (broad SMARTS) is 1. The Bertz CT molecular complexity index is 417. The molecule has 0 saturated carbocycles. The second-order valence-corrected chi connectivity index (χ2v) is 4.03. The Labute approximate surface area is 92.9 Å². The first-order valence-corrected chi connectivity index (χ1v) is 5.20. The van der Waals surface area contributed by atoms with Crippen LogP contribution in [0, 0.1) is 18.7 Å². The van der Waals surface area contributed by atoms with Gasteiger partial charge >= 0.3 is 5.97 Å². The maximum atomic E-state index is 13.4. The number of ether oxygens (including phenoxy) is 1. The second-order valence-electron chi connectivity index (χ2n) is 4.03. The fourth-order valence-corrected chi connectivity index (χ4v) is 1.96. The van der Waals surface area contributed by atoms with E-state index in [0.29, 0.717) is 24.2 Å². The average molecular weight is 224 g/mol. The van der Waals surface area contributed by atoms with Gasteiger partial charge in [0.15, 0.2) is 0 Å². The maximum Gasteiger partial charge on any atom is 0.309 e. The highest BCUT2D eigenvalue weighted by Crippen LogP contribution is 2.35. The molecule has 0 bridgehead atoms. The van der Waals surface area contributed by atoms with Gasteiger partial charge in [-0.1, -0.05) is 12.1 Å². The summed E-state index contributed by atoms with van der Waals surface area (Å²) in [6, 6.07) is 4.73. The largest absolute Gasteiger partial charge is 0.481 e. The van der Waals surface area contributed by atoms with Crippen LogP contribution in [0.4, 0.5) is 4.39 Å². The molecule has 4 heteroatoms. The standard InChI is InChI=1S/C12H13FO3/c1-7-2-3-8(6-10(7)13)11-9(12(14)15)4-5-16-11/h2-3,6,9,11H,4-5H2,1H3,(H,14,15). The number of benzene rings is 1. The molecule has 1 saturated heterocycles. The van der Waals surface area contributed by atoms with Crippen molar-refractivity contribution in [1.29, 1.82) is 0 Å². The third-order valence-electron chi connectivity index (χ3n) is 2.93. The minimum Gasteiger partial charge on any atom is -0.481 e. The van der Waals surface area contributed by atoms with Gasteiger partial charge in [0.25, 0.3) is 0 Å². The van der Waals surface area contributed by atoms with E-state index in [-0.39, 0.29) is 5.82 Å². The molecule has 0 aromatic heterocycles. The predicted octanol–water partition coefficient (Wildman–Crippen LogP) is 2.30. The SMILES string of the molecule is Cc1ccc(C2OCCC2C(=O)O)cc1F. The molecule has 86 valence electrons. The van der Waals surface area contributed by atoms with Crippen LogP contribution in [-0.4, -0.2) is 17.7 Å². The van der Waals surface area contributed by atoms with Crippen LogP contribution in [0.1, 0.15) is 23.7 Å². The molecule has 16 heavy (non-hydrogen) atoms. The highest BCUT2D eigenvalue weighted by molar-refractivity contribution is 5.71. The summed E-state index contributed by atoms with van der Waals surface area (Å²) in [5.74, 6) is -1.78. The second kappa shape index (κ2) is 4.22. The molecule has 2 atom stereocenters. The van der Waals surface area contributed by atoms with E-state index in [4.69, 9.17) is 9.84 Å². The summed E-state index contributed by atoms with van der Waals surface area (Å²) in [7, 11) is 0. The molecule has 0 amide bonds. The van der Waals surface area contributed by atoms with Gasteiger partial charge in [0.1, 0.15) is 5.82 Å². The van der Waals surface area contributed by atoms with Crippen LogP contribution in [0.25, 0.3) is 0 Å². The lowest BCUT2D eigenvalue weighted by Gasteiger charge is -2.15. The summed E-state index contributed by atoms with van der Waals surface area (Å²) in [6.07, 6.45) is -0.0391. The fraction of sp³-hybridized carbons (Fsp3) is 0.417. The van der Waals surface area contributed by atoms with Crippen molar-refractivity contribution in [3.05, 3.63) is 35.1 Å². The Balaban J connectivity index is 2.29. The van der Waals surface area contributed by atoms with E-state index in [1.807, 2.05) is 0 Å². The molecule has 1 aliphatic rings. The van der Waals surface area contributed by atoms with Crippen molar-refractivity contribution in [3.8, 4) is 0 Å². The maximum absolute atomic E-state index is 13.4. The lowest BCUT2D eigenvalue weighted by molar-refractivity contribution is -0.143. The van der Waals surface area contributed by atoms with E-state index < -0.39 is 18.0 Å². The number of aryl methyl sites for hydroxylation is 1. The minimum atomic E-state index is -0.886. The van der Waals surface area contributed by atoms with Crippen LogP contribution in [-0.2, 0) is 9.53 Å². The minimum absolute atomic E-state index is 0.322. The van der Waals surface area contributed by atoms with E-state index >= 15 is 0 Å². The number of aliphatic carboxylic acids is 1. The highest BCUT2D eigenvalue weighted by Gasteiger charge is 2.35. The van der Waals surface area contributed by atoms with Crippen LogP contribution in [0.5, 0.6) is 0 Å². The van der Waals surface area contributed by atoms with Gasteiger partial charge < -0.3 is 9.84 Å². The number of carboxylic acids is 1. The van der Waals surface area contributed by atoms with Crippen LogP contribution in [0.15, 0.2) is 18.2 Å². The van der Waals surface area contributed by atoms with Gasteiger partial charge in [0.2, 0.25) is 0 Å². The zero-order valence-electron chi connectivity index (χ0n) is 8.94. The van der Waals surface area contributed by atoms with Crippen molar-refractivity contribution >= 4 is 5.97 Å². The van der Waals surface area contributed by atoms with E-state index in [1.165, 1.54) is 6.07 Å². The smallest absolute Gasteiger partial charge is 0.309 e. The normalized spacial score (nSPS) is 24.6. The number of halogens is 1. The topological polar surface area (TPSA) is 46.5 Å². The van der Waals surface area contributed by atoms with Crippen molar-refractivity contribution in [2.24, 2.45) is 5.92 Å². The average Bonchev–Trinajstić information content (AvgIpc) is 2.71. The summed E-state index contributed by atoms with van der Waals surface area (Å²) >= 11 is 0. The van der Waals surface area contributed by atoms with Gasteiger partial charge in [0, 0.05) is 6.61 Å². The van der Waals surface area contributed by atoms with E-state index in [0.717, 1.165) is 0 Å². The molecule has 1 aromatic carbocycles. The van der Waals surface area contributed by atoms with Crippen LogP contribution < -0.4 is 0 Å². The van der Waals surface area contributed by atoms with Gasteiger partial charge in [-0.15, -0.1) is 0 Å². The molecule has 0 spiro atoms. The Morgan fingerprint density at radius 2 is 2.31 bits per heavy atom. The van der Waals surface area contributed by atoms with E-state index in [1.54, 1.807) is 19.1 Å². The first-order chi connectivity index (χ1) is 7.59. The Kier molecular flexibility index (Phi) is 2.92. The predicted molar refractivity (Wildman–Crippen MR) is 55.6 cm³/mol. The Morgan fingerprint density at radius 3 is 2.94 bits per heavy atom. The number of carbonyl (C=O) groups is 1. The van der Waals surface area contributed by atoms with Gasteiger partial charge in [-0.2, -0.15) is 0 Å². The molecule has 1 aliphatic heterocycles. The molecule has 2 unspecified atom stereocenters. The Morgan fingerprint density at radius 1 is 1.56 bits per heavy atom. The number of hydrogen-bond acceptors (Lipinski definition) is 2. The lowest BCUT2D eigenvalue weighted by atomic mass is 9.95. The molecular formula is C12H13FO3. The molecule has 1 aromatic rings. The monoisotopic (exact) mass is 224 g/mol. The van der Waals surface area contributed by atoms with Crippen LogP contribution in [0.3, 0.4) is 0 Å². The molecule has 3 nitrogen and oxygen atoms in total. The number of rotatable bonds is 2. The van der Waals surface area contributed by atoms with Gasteiger partial charge in [-0.05, 0) is 30.5 Å². The van der Waals surface area contributed by atoms with Crippen molar-refractivity contribution in [1.82, 2.24) is 0 Å². The molecule has 1 fully saturated rings. The van der Waals surface area contributed by atoms with Crippen molar-refractivity contribution in [2.45, 2.75) is 19.4 Å². The zero-order valence-corrected chi connectivity index (χ0v) is 8.94. The molecule has 1 heterocycles. The third-order valence-corrected chi connectivity index (χ3v) is 2.93. The van der Waals surface area contributed by atoms with Crippen LogP contribution in [0.2, 0.25) is 0 Å². The molecule has 1 N–H and O–H groups in total. The fourth-order valence-electron chi connectivity index (χ4n) is 1.96. The lowest BCUT2D eigenvalue weighted by Crippen LogP contribution is -2.17. The summed E-state index contributed by atoms with van der Waals surface area (Å²) in [4.78, 5) is 11.0. The Hall–Kier alpha value is -1.42. The number of hydrogen-bond donors (Lipinski definition) is 1. The first-order valence-electron chi connectivity index (χ1n) is 5.20. The molecule has 0 radical (unpaired) electrons. The molecular weight excluding hydrogens is 211 g/mol.